The van der Waals surface area contributed by atoms with Crippen LogP contribution in [0.3, 0.4) is 0 Å². The summed E-state index contributed by atoms with van der Waals surface area (Å²) in [6.45, 7) is 0.0587. The van der Waals surface area contributed by atoms with Gasteiger partial charge in [-0.25, -0.2) is 9.78 Å². The molecule has 1 aromatic rings. The minimum absolute atomic E-state index is 0.00962. The van der Waals surface area contributed by atoms with Crippen molar-refractivity contribution in [1.29, 1.82) is 5.26 Å². The highest BCUT2D eigenvalue weighted by Crippen LogP contribution is 2.33. The van der Waals surface area contributed by atoms with Crippen LogP contribution in [0.4, 0.5) is 23.7 Å². The van der Waals surface area contributed by atoms with E-state index in [1.807, 2.05) is 6.07 Å². The van der Waals surface area contributed by atoms with E-state index >= 15 is 0 Å². The van der Waals surface area contributed by atoms with Gasteiger partial charge in [0, 0.05) is 13.1 Å². The molecule has 0 radical (unpaired) electrons. The molecule has 10 heteroatoms. The van der Waals surface area contributed by atoms with E-state index in [2.05, 4.69) is 10.3 Å². The van der Waals surface area contributed by atoms with Crippen LogP contribution in [0.1, 0.15) is 18.5 Å². The molecule has 0 aliphatic carbocycles. The van der Waals surface area contributed by atoms with Gasteiger partial charge in [-0.3, -0.25) is 4.79 Å². The number of hydrogen-bond acceptors (Lipinski definition) is 4. The fraction of sp³-hybridized carbons (Fsp3) is 0.429. The molecule has 7 nitrogen and oxygen atoms in total. The Morgan fingerprint density at radius 3 is 2.38 bits per heavy atom. The molecular weight excluding hydrogens is 329 g/mol. The summed E-state index contributed by atoms with van der Waals surface area (Å²) in [6.07, 6.45) is -4.84. The lowest BCUT2D eigenvalue weighted by molar-refractivity contribution is -0.141. The lowest BCUT2D eigenvalue weighted by Gasteiger charge is -2.34. The summed E-state index contributed by atoms with van der Waals surface area (Å²) < 4.78 is 37.3. The molecule has 0 atom stereocenters. The number of rotatable bonds is 2. The van der Waals surface area contributed by atoms with Crippen molar-refractivity contribution in [3.05, 3.63) is 24.0 Å². The number of halogens is 3. The van der Waals surface area contributed by atoms with Crippen molar-refractivity contribution in [2.75, 3.05) is 18.4 Å². The Kier molecular flexibility index (Phi) is 4.64. The molecule has 0 aromatic carbocycles. The van der Waals surface area contributed by atoms with E-state index in [0.717, 1.165) is 23.2 Å². The molecule has 1 aromatic heterocycles. The number of nitriles is 1. The number of pyridine rings is 1. The van der Waals surface area contributed by atoms with Crippen molar-refractivity contribution < 1.29 is 27.9 Å². The van der Waals surface area contributed by atoms with Crippen LogP contribution < -0.4 is 5.32 Å². The molecular formula is C14H13F3N4O3. The van der Waals surface area contributed by atoms with Crippen molar-refractivity contribution in [3.8, 4) is 6.07 Å². The molecule has 0 spiro atoms. The number of hydrogen-bond donors (Lipinski definition) is 2. The van der Waals surface area contributed by atoms with Gasteiger partial charge in [-0.05, 0) is 25.0 Å². The maximum atomic E-state index is 12.4. The third-order valence-corrected chi connectivity index (χ3v) is 3.85. The average molecular weight is 342 g/mol. The number of piperidine rings is 1. The van der Waals surface area contributed by atoms with Crippen molar-refractivity contribution in [1.82, 2.24) is 9.88 Å². The number of alkyl halides is 3. The van der Waals surface area contributed by atoms with Gasteiger partial charge in [-0.1, -0.05) is 0 Å². The summed E-state index contributed by atoms with van der Waals surface area (Å²) in [5.74, 6) is -0.684. The maximum Gasteiger partial charge on any atom is 0.433 e. The van der Waals surface area contributed by atoms with E-state index in [1.165, 1.54) is 0 Å². The summed E-state index contributed by atoms with van der Waals surface area (Å²) in [7, 11) is 0. The van der Waals surface area contributed by atoms with Crippen LogP contribution in [-0.4, -0.2) is 40.1 Å². The zero-order valence-electron chi connectivity index (χ0n) is 12.3. The van der Waals surface area contributed by atoms with E-state index in [1.54, 1.807) is 0 Å². The Hall–Kier alpha value is -2.83. The maximum absolute atomic E-state index is 12.4. The highest BCUT2D eigenvalue weighted by Gasteiger charge is 2.43. The number of likely N-dealkylation sites (tertiary alicyclic amines) is 1. The van der Waals surface area contributed by atoms with Crippen LogP contribution in [0.5, 0.6) is 0 Å². The molecule has 1 fully saturated rings. The van der Waals surface area contributed by atoms with Crippen LogP contribution >= 0.6 is 0 Å². The van der Waals surface area contributed by atoms with Crippen molar-refractivity contribution in [2.45, 2.75) is 19.0 Å². The van der Waals surface area contributed by atoms with Gasteiger partial charge in [-0.15, -0.1) is 0 Å². The Labute approximate surface area is 134 Å². The van der Waals surface area contributed by atoms with Gasteiger partial charge in [0.2, 0.25) is 5.91 Å². The lowest BCUT2D eigenvalue weighted by Crippen LogP contribution is -2.47. The number of carbonyl (C=O) groups is 2. The minimum atomic E-state index is -4.58. The first-order chi connectivity index (χ1) is 11.2. The summed E-state index contributed by atoms with van der Waals surface area (Å²) in [5, 5.41) is 20.6. The van der Waals surface area contributed by atoms with Crippen molar-refractivity contribution >= 4 is 17.7 Å². The normalized spacial score (nSPS) is 17.0. The highest BCUT2D eigenvalue weighted by molar-refractivity contribution is 5.97. The average Bonchev–Trinajstić information content (AvgIpc) is 2.54. The van der Waals surface area contributed by atoms with E-state index in [-0.39, 0.29) is 31.6 Å². The largest absolute Gasteiger partial charge is 0.465 e. The Balaban J connectivity index is 2.08. The second-order valence-electron chi connectivity index (χ2n) is 5.35. The number of amides is 2. The predicted octanol–water partition coefficient (Wildman–Crippen LogP) is 2.32. The predicted molar refractivity (Wildman–Crippen MR) is 74.7 cm³/mol. The van der Waals surface area contributed by atoms with Gasteiger partial charge in [0.15, 0.2) is 0 Å². The summed E-state index contributed by atoms with van der Waals surface area (Å²) in [5.41, 5.74) is -2.48. The first-order valence-electron chi connectivity index (χ1n) is 6.92. The monoisotopic (exact) mass is 342 g/mol. The van der Waals surface area contributed by atoms with Gasteiger partial charge >= 0.3 is 12.3 Å². The molecule has 2 N–H and O–H groups in total. The topological polar surface area (TPSA) is 106 Å². The molecule has 2 amide bonds. The van der Waals surface area contributed by atoms with Crippen LogP contribution in [-0.2, 0) is 11.0 Å². The number of nitrogens with one attached hydrogen (secondary N) is 1. The van der Waals surface area contributed by atoms with Gasteiger partial charge < -0.3 is 15.3 Å². The Bertz CT molecular complexity index is 674. The molecule has 24 heavy (non-hydrogen) atoms. The number of nitrogens with zero attached hydrogens (tertiary/aromatic N) is 3. The molecule has 0 unspecified atom stereocenters. The molecule has 1 saturated heterocycles. The van der Waals surface area contributed by atoms with Crippen LogP contribution in [0.15, 0.2) is 18.3 Å². The van der Waals surface area contributed by atoms with Gasteiger partial charge in [0.1, 0.15) is 11.1 Å². The lowest BCUT2D eigenvalue weighted by atomic mass is 9.79. The first kappa shape index (κ1) is 17.5. The van der Waals surface area contributed by atoms with Crippen LogP contribution in [0.2, 0.25) is 0 Å². The summed E-state index contributed by atoms with van der Waals surface area (Å²) >= 11 is 0. The van der Waals surface area contributed by atoms with E-state index < -0.39 is 29.3 Å². The number of carboxylic acid groups (broad SMARTS) is 1. The molecule has 2 rings (SSSR count). The quantitative estimate of drug-likeness (QED) is 0.858. The van der Waals surface area contributed by atoms with E-state index in [4.69, 9.17) is 5.11 Å². The zero-order valence-corrected chi connectivity index (χ0v) is 12.3. The van der Waals surface area contributed by atoms with E-state index in [9.17, 15) is 28.0 Å². The zero-order chi connectivity index (χ0) is 18.0. The molecule has 1 aliphatic rings. The molecule has 1 aliphatic heterocycles. The third-order valence-electron chi connectivity index (χ3n) is 3.85. The second-order valence-corrected chi connectivity index (χ2v) is 5.35. The fourth-order valence-electron chi connectivity index (χ4n) is 2.36. The Morgan fingerprint density at radius 1 is 1.33 bits per heavy atom. The molecule has 2 heterocycles. The van der Waals surface area contributed by atoms with Crippen molar-refractivity contribution in [2.24, 2.45) is 5.41 Å². The summed E-state index contributed by atoms with van der Waals surface area (Å²) in [6, 6.07) is 3.67. The standard InChI is InChI=1S/C14H13F3N4O3/c15-14(16,17)10-2-1-9(7-19-10)20-11(22)13(8-18)3-5-21(6-4-13)12(23)24/h1-2,7H,3-6H2,(H,20,22)(H,23,24). The van der Waals surface area contributed by atoms with Crippen molar-refractivity contribution in [3.63, 3.8) is 0 Å². The van der Waals surface area contributed by atoms with Crippen LogP contribution in [0, 0.1) is 16.7 Å². The van der Waals surface area contributed by atoms with Gasteiger partial charge in [0.05, 0.1) is 18.0 Å². The molecule has 0 saturated carbocycles. The van der Waals surface area contributed by atoms with Gasteiger partial charge in [-0.2, -0.15) is 18.4 Å². The van der Waals surface area contributed by atoms with Crippen LogP contribution in [0.25, 0.3) is 0 Å². The SMILES string of the molecule is N#CC1(C(=O)Nc2ccc(C(F)(F)F)nc2)CCN(C(=O)O)CC1. The first-order valence-corrected chi connectivity index (χ1v) is 6.92. The highest BCUT2D eigenvalue weighted by atomic mass is 19.4. The number of carbonyl (C=O) groups excluding carboxylic acids is 1. The molecule has 0 bridgehead atoms. The minimum Gasteiger partial charge on any atom is -0.465 e. The fourth-order valence-corrected chi connectivity index (χ4v) is 2.36. The van der Waals surface area contributed by atoms with Gasteiger partial charge in [0.25, 0.3) is 0 Å². The third kappa shape index (κ3) is 3.56. The number of anilines is 1. The smallest absolute Gasteiger partial charge is 0.433 e. The second kappa shape index (κ2) is 6.35. The van der Waals surface area contributed by atoms with E-state index in [0.29, 0.717) is 0 Å². The summed E-state index contributed by atoms with van der Waals surface area (Å²) in [4.78, 5) is 27.5. The molecule has 128 valence electrons. The Morgan fingerprint density at radius 2 is 1.96 bits per heavy atom. The number of aromatic nitrogens is 1.